The Kier molecular flexibility index (Phi) is 4.08. The predicted octanol–water partition coefficient (Wildman–Crippen LogP) is 1.15. The number of aromatic nitrogens is 1. The van der Waals surface area contributed by atoms with Gasteiger partial charge in [0.2, 0.25) is 10.0 Å². The van der Waals surface area contributed by atoms with Gasteiger partial charge < -0.3 is 0 Å². The molecule has 1 aliphatic rings. The van der Waals surface area contributed by atoms with Gasteiger partial charge in [-0.05, 0) is 30.3 Å². The maximum Gasteiger partial charge on any atom is 0.274 e. The smallest absolute Gasteiger partial charge is 0.259 e. The Balaban J connectivity index is 1.72. The molecule has 0 atom stereocenters. The number of hydrogen-bond donors (Lipinski definition) is 0. The van der Waals surface area contributed by atoms with Crippen molar-refractivity contribution in [3.05, 3.63) is 54.5 Å². The Morgan fingerprint density at radius 1 is 0.955 bits per heavy atom. The van der Waals surface area contributed by atoms with Crippen LogP contribution in [0.2, 0.25) is 0 Å². The second kappa shape index (κ2) is 6.02. The van der Waals surface area contributed by atoms with Crippen LogP contribution in [-0.4, -0.2) is 38.9 Å². The molecule has 7 heteroatoms. The summed E-state index contributed by atoms with van der Waals surface area (Å²) in [6, 6.07) is 10.8. The van der Waals surface area contributed by atoms with E-state index in [9.17, 15) is 12.8 Å². The maximum atomic E-state index is 12.9. The SMILES string of the molecule is O=S(=O)(c1ccc(F)cc1)N1CCN(c2cccc[nH+]2)CC1. The van der Waals surface area contributed by atoms with Crippen molar-refractivity contribution in [3.8, 4) is 0 Å². The number of benzene rings is 1. The fourth-order valence-electron chi connectivity index (χ4n) is 2.51. The Bertz CT molecular complexity index is 727. The fraction of sp³-hybridized carbons (Fsp3) is 0.267. The van der Waals surface area contributed by atoms with E-state index in [1.807, 2.05) is 24.4 Å². The van der Waals surface area contributed by atoms with Crippen LogP contribution in [0.4, 0.5) is 10.2 Å². The van der Waals surface area contributed by atoms with Gasteiger partial charge in [-0.2, -0.15) is 4.31 Å². The molecular weight excluding hydrogens is 305 g/mol. The summed E-state index contributed by atoms with van der Waals surface area (Å²) in [5.41, 5.74) is 0. The lowest BCUT2D eigenvalue weighted by atomic mass is 10.3. The summed E-state index contributed by atoms with van der Waals surface area (Å²) in [5, 5.41) is 0. The number of halogens is 1. The molecule has 0 amide bonds. The van der Waals surface area contributed by atoms with Crippen molar-refractivity contribution in [2.45, 2.75) is 4.90 Å². The molecule has 1 N–H and O–H groups in total. The van der Waals surface area contributed by atoms with E-state index in [0.29, 0.717) is 26.2 Å². The number of pyridine rings is 1. The van der Waals surface area contributed by atoms with E-state index >= 15 is 0 Å². The number of piperazine rings is 1. The van der Waals surface area contributed by atoms with Crippen molar-refractivity contribution in [1.82, 2.24) is 4.31 Å². The van der Waals surface area contributed by atoms with Crippen LogP contribution >= 0.6 is 0 Å². The Hall–Kier alpha value is -1.99. The van der Waals surface area contributed by atoms with Crippen LogP contribution in [0.15, 0.2) is 53.6 Å². The number of H-pyrrole nitrogens is 1. The first-order valence-corrected chi connectivity index (χ1v) is 8.49. The molecule has 1 aromatic carbocycles. The molecule has 3 rings (SSSR count). The first kappa shape index (κ1) is 14.9. The maximum absolute atomic E-state index is 12.9. The number of rotatable bonds is 3. The predicted molar refractivity (Wildman–Crippen MR) is 80.4 cm³/mol. The number of sulfonamides is 1. The highest BCUT2D eigenvalue weighted by Gasteiger charge is 2.31. The summed E-state index contributed by atoms with van der Waals surface area (Å²) in [5.74, 6) is 0.532. The van der Waals surface area contributed by atoms with Gasteiger partial charge in [0.05, 0.1) is 37.3 Å². The van der Waals surface area contributed by atoms with E-state index in [1.165, 1.54) is 28.6 Å². The molecule has 1 aliphatic heterocycles. The molecule has 22 heavy (non-hydrogen) atoms. The van der Waals surface area contributed by atoms with Crippen molar-refractivity contribution in [2.24, 2.45) is 0 Å². The van der Waals surface area contributed by atoms with Crippen molar-refractivity contribution in [1.29, 1.82) is 0 Å². The molecule has 0 radical (unpaired) electrons. The summed E-state index contributed by atoms with van der Waals surface area (Å²) in [6.45, 7) is 2.03. The van der Waals surface area contributed by atoms with Gasteiger partial charge in [0, 0.05) is 6.07 Å². The first-order valence-electron chi connectivity index (χ1n) is 7.05. The molecule has 1 fully saturated rings. The summed E-state index contributed by atoms with van der Waals surface area (Å²) in [4.78, 5) is 5.39. The molecule has 2 heterocycles. The summed E-state index contributed by atoms with van der Waals surface area (Å²) in [7, 11) is -3.55. The van der Waals surface area contributed by atoms with Gasteiger partial charge in [0.25, 0.3) is 5.82 Å². The number of nitrogens with zero attached hydrogens (tertiary/aromatic N) is 2. The summed E-state index contributed by atoms with van der Waals surface area (Å²) < 4.78 is 39.4. The third-order valence-electron chi connectivity index (χ3n) is 3.72. The van der Waals surface area contributed by atoms with Crippen LogP contribution in [0.5, 0.6) is 0 Å². The monoisotopic (exact) mass is 322 g/mol. The highest BCUT2D eigenvalue weighted by Crippen LogP contribution is 2.19. The first-order chi connectivity index (χ1) is 10.6. The Morgan fingerprint density at radius 3 is 2.23 bits per heavy atom. The molecule has 0 bridgehead atoms. The van der Waals surface area contributed by atoms with Crippen molar-refractivity contribution < 1.29 is 17.8 Å². The second-order valence-electron chi connectivity index (χ2n) is 5.09. The average molecular weight is 322 g/mol. The average Bonchev–Trinajstić information content (AvgIpc) is 2.56. The quantitative estimate of drug-likeness (QED) is 0.852. The van der Waals surface area contributed by atoms with Crippen LogP contribution < -0.4 is 9.88 Å². The van der Waals surface area contributed by atoms with E-state index in [0.717, 1.165) is 5.82 Å². The van der Waals surface area contributed by atoms with Gasteiger partial charge in [-0.15, -0.1) is 0 Å². The van der Waals surface area contributed by atoms with E-state index in [2.05, 4.69) is 9.88 Å². The number of hydrogen-bond acceptors (Lipinski definition) is 3. The highest BCUT2D eigenvalue weighted by molar-refractivity contribution is 7.89. The zero-order valence-corrected chi connectivity index (χ0v) is 12.8. The van der Waals surface area contributed by atoms with Gasteiger partial charge in [0.15, 0.2) is 0 Å². The minimum Gasteiger partial charge on any atom is -0.259 e. The van der Waals surface area contributed by atoms with Gasteiger partial charge in [0.1, 0.15) is 5.82 Å². The lowest BCUT2D eigenvalue weighted by Gasteiger charge is -2.30. The lowest BCUT2D eigenvalue weighted by molar-refractivity contribution is -0.364. The van der Waals surface area contributed by atoms with E-state index in [-0.39, 0.29) is 4.90 Å². The normalized spacial score (nSPS) is 16.7. The fourth-order valence-corrected chi connectivity index (χ4v) is 3.93. The highest BCUT2D eigenvalue weighted by atomic mass is 32.2. The Labute approximate surface area is 129 Å². The van der Waals surface area contributed by atoms with Crippen molar-refractivity contribution in [3.63, 3.8) is 0 Å². The largest absolute Gasteiger partial charge is 0.274 e. The van der Waals surface area contributed by atoms with Crippen LogP contribution in [0.1, 0.15) is 0 Å². The third kappa shape index (κ3) is 2.95. The molecule has 0 unspecified atom stereocenters. The summed E-state index contributed by atoms with van der Waals surface area (Å²) >= 11 is 0. The molecule has 0 spiro atoms. The van der Waals surface area contributed by atoms with Gasteiger partial charge in [-0.1, -0.05) is 6.07 Å². The number of nitrogens with one attached hydrogen (secondary N) is 1. The molecule has 1 saturated heterocycles. The van der Waals surface area contributed by atoms with E-state index < -0.39 is 15.8 Å². The van der Waals surface area contributed by atoms with Crippen LogP contribution in [0, 0.1) is 5.82 Å². The minimum absolute atomic E-state index is 0.133. The molecule has 0 saturated carbocycles. The van der Waals surface area contributed by atoms with Gasteiger partial charge in [-0.25, -0.2) is 17.8 Å². The number of aromatic amines is 1. The molecule has 116 valence electrons. The van der Waals surface area contributed by atoms with Crippen LogP contribution in [0.25, 0.3) is 0 Å². The standard InChI is InChI=1S/C15H16FN3O2S/c16-13-4-6-14(7-5-13)22(20,21)19-11-9-18(10-12-19)15-3-1-2-8-17-15/h1-8H,9-12H2/p+1. The van der Waals surface area contributed by atoms with E-state index in [1.54, 1.807) is 0 Å². The topological polar surface area (TPSA) is 54.8 Å². The zero-order chi connectivity index (χ0) is 15.6. The second-order valence-corrected chi connectivity index (χ2v) is 7.03. The van der Waals surface area contributed by atoms with Gasteiger partial charge in [-0.3, -0.25) is 4.90 Å². The molecule has 1 aromatic heterocycles. The molecular formula is C15H17FN3O2S+. The zero-order valence-electron chi connectivity index (χ0n) is 11.9. The molecule has 5 nitrogen and oxygen atoms in total. The van der Waals surface area contributed by atoms with Crippen molar-refractivity contribution >= 4 is 15.8 Å². The van der Waals surface area contributed by atoms with E-state index in [4.69, 9.17) is 0 Å². The summed E-state index contributed by atoms with van der Waals surface area (Å²) in [6.07, 6.45) is 1.84. The Morgan fingerprint density at radius 2 is 1.64 bits per heavy atom. The van der Waals surface area contributed by atoms with Gasteiger partial charge >= 0.3 is 0 Å². The van der Waals surface area contributed by atoms with Crippen LogP contribution in [-0.2, 0) is 10.0 Å². The van der Waals surface area contributed by atoms with Crippen LogP contribution in [0.3, 0.4) is 0 Å². The minimum atomic E-state index is -3.55. The van der Waals surface area contributed by atoms with Crippen molar-refractivity contribution in [2.75, 3.05) is 31.1 Å². The molecule has 2 aromatic rings. The lowest BCUT2D eigenvalue weighted by Crippen LogP contribution is -2.49. The number of anilines is 1. The molecule has 0 aliphatic carbocycles. The third-order valence-corrected chi connectivity index (χ3v) is 5.64.